The molecule has 0 aromatic heterocycles. The lowest BCUT2D eigenvalue weighted by Crippen LogP contribution is -2.13. The SMILES string of the molecule is Cc1ccc(C(=CC=Cc2ccc(N(c3ccc(C=C(c4ccc(C(C)(C)C)cc4)c4ccc(C(C)(C)C)cc4)cc3)c3ccc(C(C)(C)C)cc3)c3ccccc23)c2ccc(C)cc2)cc1. The topological polar surface area (TPSA) is 3.24 Å². The van der Waals surface area contributed by atoms with Gasteiger partial charge in [0.05, 0.1) is 5.69 Å². The second-order valence-electron chi connectivity index (χ2n) is 21.3. The number of rotatable bonds is 10. The molecule has 0 aliphatic heterocycles. The lowest BCUT2D eigenvalue weighted by atomic mass is 9.84. The molecule has 67 heavy (non-hydrogen) atoms. The monoisotopic (exact) mass is 874 g/mol. The Balaban J connectivity index is 1.21. The Hall–Kier alpha value is -6.96. The van der Waals surface area contributed by atoms with E-state index in [2.05, 4.69) is 287 Å². The molecule has 0 N–H and O–H groups in total. The molecule has 336 valence electrons. The molecular formula is C66H67N. The quantitative estimate of drug-likeness (QED) is 0.0977. The maximum atomic E-state index is 2.42. The van der Waals surface area contributed by atoms with Gasteiger partial charge in [0.25, 0.3) is 0 Å². The van der Waals surface area contributed by atoms with E-state index >= 15 is 0 Å². The highest BCUT2D eigenvalue weighted by Crippen LogP contribution is 2.41. The fourth-order valence-electron chi connectivity index (χ4n) is 8.78. The predicted octanol–water partition coefficient (Wildman–Crippen LogP) is 18.6. The minimum atomic E-state index is 0.0447. The first-order chi connectivity index (χ1) is 31.9. The fraction of sp³-hybridized carbons (Fsp3) is 0.212. The van der Waals surface area contributed by atoms with Crippen LogP contribution in [0.5, 0.6) is 0 Å². The molecule has 0 amide bonds. The number of benzene rings is 8. The molecule has 8 aromatic carbocycles. The van der Waals surface area contributed by atoms with Crippen molar-refractivity contribution in [3.63, 3.8) is 0 Å². The van der Waals surface area contributed by atoms with E-state index < -0.39 is 0 Å². The Morgan fingerprint density at radius 3 is 1.22 bits per heavy atom. The molecule has 0 radical (unpaired) electrons. The summed E-state index contributed by atoms with van der Waals surface area (Å²) in [6, 6.07) is 67.5. The molecule has 0 saturated heterocycles. The van der Waals surface area contributed by atoms with Crippen LogP contribution in [0.3, 0.4) is 0 Å². The number of anilines is 3. The van der Waals surface area contributed by atoms with Crippen LogP contribution in [0.4, 0.5) is 17.1 Å². The molecule has 0 atom stereocenters. The molecule has 0 aliphatic carbocycles. The van der Waals surface area contributed by atoms with Gasteiger partial charge in [-0.3, -0.25) is 0 Å². The smallest absolute Gasteiger partial charge is 0.0540 e. The lowest BCUT2D eigenvalue weighted by Gasteiger charge is -2.28. The van der Waals surface area contributed by atoms with Crippen LogP contribution in [0, 0.1) is 13.8 Å². The molecule has 0 heterocycles. The zero-order valence-electron chi connectivity index (χ0n) is 41.6. The van der Waals surface area contributed by atoms with Crippen molar-refractivity contribution in [2.45, 2.75) is 92.4 Å². The minimum Gasteiger partial charge on any atom is -0.310 e. The zero-order chi connectivity index (χ0) is 47.5. The van der Waals surface area contributed by atoms with Crippen molar-refractivity contribution in [2.24, 2.45) is 0 Å². The number of hydrogen-bond donors (Lipinski definition) is 0. The highest BCUT2D eigenvalue weighted by Gasteiger charge is 2.20. The van der Waals surface area contributed by atoms with E-state index in [4.69, 9.17) is 0 Å². The van der Waals surface area contributed by atoms with Gasteiger partial charge in [-0.2, -0.15) is 0 Å². The molecule has 0 bridgehead atoms. The molecule has 0 spiro atoms. The molecule has 1 heteroatoms. The van der Waals surface area contributed by atoms with E-state index in [-0.39, 0.29) is 16.2 Å². The second kappa shape index (κ2) is 19.1. The number of aryl methyl sites for hydroxylation is 2. The standard InChI is InChI=1S/C66H67N/c1-46-19-25-50(26-20-46)59(51-27-21-47(2)22-28-51)18-14-15-49-33-44-63(61-17-13-12-16-60(49)61)67(58-42-38-56(39-43-58)66(9,10)11)57-40-23-48(24-41-57)45-62(52-29-34-54(35-30-52)64(3,4)5)53-31-36-55(37-32-53)65(6,7)8/h12-45H,1-11H3. The van der Waals surface area contributed by atoms with Crippen molar-refractivity contribution in [2.75, 3.05) is 4.90 Å². The Bertz CT molecular complexity index is 2940. The number of fused-ring (bicyclic) bond motifs is 1. The Kier molecular flexibility index (Phi) is 13.3. The molecule has 0 unspecified atom stereocenters. The van der Waals surface area contributed by atoms with Crippen LogP contribution in [0.2, 0.25) is 0 Å². The molecule has 8 rings (SSSR count). The van der Waals surface area contributed by atoms with E-state index in [1.54, 1.807) is 0 Å². The van der Waals surface area contributed by atoms with Crippen LogP contribution in [-0.2, 0) is 16.2 Å². The number of nitrogens with zero attached hydrogens (tertiary/aromatic N) is 1. The van der Waals surface area contributed by atoms with Crippen LogP contribution < -0.4 is 4.90 Å². The lowest BCUT2D eigenvalue weighted by molar-refractivity contribution is 0.590. The van der Waals surface area contributed by atoms with Crippen LogP contribution in [0.1, 0.15) is 124 Å². The van der Waals surface area contributed by atoms with Gasteiger partial charge in [-0.15, -0.1) is 0 Å². The Morgan fingerprint density at radius 1 is 0.388 bits per heavy atom. The van der Waals surface area contributed by atoms with Crippen LogP contribution in [-0.4, -0.2) is 0 Å². The third kappa shape index (κ3) is 10.9. The summed E-state index contributed by atoms with van der Waals surface area (Å²) >= 11 is 0. The third-order valence-corrected chi connectivity index (χ3v) is 13.0. The van der Waals surface area contributed by atoms with E-state index in [0.717, 1.165) is 22.6 Å². The van der Waals surface area contributed by atoms with Gasteiger partial charge >= 0.3 is 0 Å². The van der Waals surface area contributed by atoms with Gasteiger partial charge in [0, 0.05) is 16.8 Å². The summed E-state index contributed by atoms with van der Waals surface area (Å²) in [5, 5.41) is 2.39. The predicted molar refractivity (Wildman–Crippen MR) is 293 cm³/mol. The third-order valence-electron chi connectivity index (χ3n) is 13.0. The van der Waals surface area contributed by atoms with Crippen molar-refractivity contribution in [1.82, 2.24) is 0 Å². The first-order valence-corrected chi connectivity index (χ1v) is 23.9. The second-order valence-corrected chi connectivity index (χ2v) is 21.3. The number of hydrogen-bond acceptors (Lipinski definition) is 1. The average Bonchev–Trinajstić information content (AvgIpc) is 3.31. The van der Waals surface area contributed by atoms with Crippen LogP contribution in [0.15, 0.2) is 194 Å². The van der Waals surface area contributed by atoms with Crippen LogP contribution >= 0.6 is 0 Å². The van der Waals surface area contributed by atoms with Crippen molar-refractivity contribution in [3.05, 3.63) is 255 Å². The van der Waals surface area contributed by atoms with E-state index in [9.17, 15) is 0 Å². The largest absolute Gasteiger partial charge is 0.310 e. The first-order valence-electron chi connectivity index (χ1n) is 23.9. The van der Waals surface area contributed by atoms with E-state index in [1.807, 2.05) is 0 Å². The minimum absolute atomic E-state index is 0.0447. The molecule has 8 aromatic rings. The molecule has 0 fully saturated rings. The first kappa shape index (κ1) is 46.6. The van der Waals surface area contributed by atoms with Gasteiger partial charge < -0.3 is 4.90 Å². The summed E-state index contributed by atoms with van der Waals surface area (Å²) in [5.41, 5.74) is 19.6. The summed E-state index contributed by atoms with van der Waals surface area (Å²) in [6.07, 6.45) is 9.06. The highest BCUT2D eigenvalue weighted by atomic mass is 15.1. The maximum absolute atomic E-state index is 2.42. The van der Waals surface area contributed by atoms with Gasteiger partial charge in [-0.25, -0.2) is 0 Å². The van der Waals surface area contributed by atoms with Gasteiger partial charge in [0.15, 0.2) is 0 Å². The van der Waals surface area contributed by atoms with E-state index in [1.165, 1.54) is 77.6 Å². The zero-order valence-corrected chi connectivity index (χ0v) is 41.6. The van der Waals surface area contributed by atoms with Gasteiger partial charge in [-0.05, 0) is 133 Å². The number of allylic oxidation sites excluding steroid dienone is 2. The molecule has 1 nitrogen and oxygen atoms in total. The molecular weight excluding hydrogens is 807 g/mol. The van der Waals surface area contributed by atoms with Crippen molar-refractivity contribution >= 4 is 51.1 Å². The Labute approximate surface area is 401 Å². The molecule has 0 aliphatic rings. The van der Waals surface area contributed by atoms with E-state index in [0.29, 0.717) is 0 Å². The van der Waals surface area contributed by atoms with Gasteiger partial charge in [-0.1, -0.05) is 243 Å². The maximum Gasteiger partial charge on any atom is 0.0540 e. The summed E-state index contributed by atoms with van der Waals surface area (Å²) < 4.78 is 0. The molecule has 0 saturated carbocycles. The summed E-state index contributed by atoms with van der Waals surface area (Å²) in [4.78, 5) is 2.42. The summed E-state index contributed by atoms with van der Waals surface area (Å²) in [6.45, 7) is 24.8. The Morgan fingerprint density at radius 2 is 0.776 bits per heavy atom. The van der Waals surface area contributed by atoms with Gasteiger partial charge in [0.2, 0.25) is 0 Å². The average molecular weight is 874 g/mol. The summed E-state index contributed by atoms with van der Waals surface area (Å²) in [5.74, 6) is 0. The van der Waals surface area contributed by atoms with Gasteiger partial charge in [0.1, 0.15) is 0 Å². The van der Waals surface area contributed by atoms with Crippen molar-refractivity contribution in [3.8, 4) is 0 Å². The van der Waals surface area contributed by atoms with Crippen molar-refractivity contribution in [1.29, 1.82) is 0 Å². The van der Waals surface area contributed by atoms with Crippen molar-refractivity contribution < 1.29 is 0 Å². The highest BCUT2D eigenvalue weighted by molar-refractivity contribution is 6.03. The fourth-order valence-corrected chi connectivity index (χ4v) is 8.78. The van der Waals surface area contributed by atoms with Crippen LogP contribution in [0.25, 0.3) is 34.1 Å². The summed E-state index contributed by atoms with van der Waals surface area (Å²) in [7, 11) is 0. The normalized spacial score (nSPS) is 12.0.